The van der Waals surface area contributed by atoms with Crippen molar-refractivity contribution in [3.63, 3.8) is 0 Å². The highest BCUT2D eigenvalue weighted by atomic mass is 16.5. The number of hydrogen-bond acceptors (Lipinski definition) is 3. The molecule has 1 atom stereocenters. The monoisotopic (exact) mass is 291 g/mol. The normalized spacial score (nSPS) is 18.1. The van der Waals surface area contributed by atoms with Crippen LogP contribution in [0.3, 0.4) is 0 Å². The van der Waals surface area contributed by atoms with Gasteiger partial charge in [-0.25, -0.2) is 0 Å². The number of aliphatic carboxylic acids is 1. The lowest BCUT2D eigenvalue weighted by atomic mass is 9.99. The molecule has 2 rings (SSSR count). The van der Waals surface area contributed by atoms with E-state index < -0.39 is 5.97 Å². The minimum Gasteiger partial charge on any atom is -0.481 e. The van der Waals surface area contributed by atoms with Gasteiger partial charge in [-0.05, 0) is 37.1 Å². The van der Waals surface area contributed by atoms with Gasteiger partial charge in [-0.15, -0.1) is 0 Å². The van der Waals surface area contributed by atoms with Crippen molar-refractivity contribution in [1.82, 2.24) is 4.90 Å². The second kappa shape index (κ2) is 8.15. The lowest BCUT2D eigenvalue weighted by Gasteiger charge is -2.30. The van der Waals surface area contributed by atoms with Gasteiger partial charge in [0.2, 0.25) is 0 Å². The molecular formula is C17H25NO3. The van der Waals surface area contributed by atoms with Crippen LogP contribution in [0.1, 0.15) is 49.3 Å². The fraction of sp³-hybridized carbons (Fsp3) is 0.588. The minimum atomic E-state index is -0.735. The second-order valence-corrected chi connectivity index (χ2v) is 5.74. The molecule has 0 bridgehead atoms. The fourth-order valence-corrected chi connectivity index (χ4v) is 3.09. The molecule has 1 aromatic carbocycles. The Labute approximate surface area is 126 Å². The Morgan fingerprint density at radius 1 is 1.29 bits per heavy atom. The van der Waals surface area contributed by atoms with Crippen LogP contribution >= 0.6 is 0 Å². The van der Waals surface area contributed by atoms with E-state index in [1.807, 2.05) is 18.2 Å². The van der Waals surface area contributed by atoms with Gasteiger partial charge < -0.3 is 9.84 Å². The van der Waals surface area contributed by atoms with Crippen molar-refractivity contribution in [2.24, 2.45) is 0 Å². The minimum absolute atomic E-state index is 0.0302. The Bertz CT molecular complexity index is 453. The first-order valence-electron chi connectivity index (χ1n) is 7.74. The fourth-order valence-electron chi connectivity index (χ4n) is 3.09. The predicted octanol–water partition coefficient (Wildman–Crippen LogP) is 3.22. The smallest absolute Gasteiger partial charge is 0.305 e. The maximum atomic E-state index is 11.3. The van der Waals surface area contributed by atoms with E-state index in [4.69, 9.17) is 4.74 Å². The van der Waals surface area contributed by atoms with E-state index in [0.717, 1.165) is 37.1 Å². The first-order valence-corrected chi connectivity index (χ1v) is 7.74. The zero-order chi connectivity index (χ0) is 15.1. The van der Waals surface area contributed by atoms with Crippen LogP contribution < -0.4 is 0 Å². The zero-order valence-corrected chi connectivity index (χ0v) is 12.8. The van der Waals surface area contributed by atoms with Gasteiger partial charge in [-0.2, -0.15) is 0 Å². The van der Waals surface area contributed by atoms with E-state index in [-0.39, 0.29) is 12.5 Å². The molecular weight excluding hydrogens is 266 g/mol. The number of nitrogens with zero attached hydrogens (tertiary/aromatic N) is 1. The molecule has 0 aromatic heterocycles. The number of benzene rings is 1. The van der Waals surface area contributed by atoms with Crippen molar-refractivity contribution in [2.45, 2.75) is 44.8 Å². The highest BCUT2D eigenvalue weighted by molar-refractivity contribution is 5.68. The van der Waals surface area contributed by atoms with Gasteiger partial charge in [-0.3, -0.25) is 9.69 Å². The molecule has 1 unspecified atom stereocenters. The number of methoxy groups -OCH3 is 1. The van der Waals surface area contributed by atoms with Gasteiger partial charge in [0.1, 0.15) is 0 Å². The van der Waals surface area contributed by atoms with Gasteiger partial charge in [0.15, 0.2) is 0 Å². The standard InChI is InChI=1S/C17H25NO3/c1-21-13-14-7-6-8-15(11-14)16(12-17(19)20)18-9-4-2-3-5-10-18/h6-8,11,16H,2-5,9-10,12-13H2,1H3,(H,19,20). The molecule has 1 heterocycles. The summed E-state index contributed by atoms with van der Waals surface area (Å²) in [7, 11) is 1.68. The molecule has 4 heteroatoms. The van der Waals surface area contributed by atoms with Gasteiger partial charge in [-0.1, -0.05) is 37.1 Å². The number of carbonyl (C=O) groups is 1. The topological polar surface area (TPSA) is 49.8 Å². The summed E-state index contributed by atoms with van der Waals surface area (Å²) in [5.41, 5.74) is 2.19. The largest absolute Gasteiger partial charge is 0.481 e. The van der Waals surface area contributed by atoms with E-state index in [0.29, 0.717) is 6.61 Å². The van der Waals surface area contributed by atoms with Crippen LogP contribution in [0.2, 0.25) is 0 Å². The molecule has 0 aliphatic carbocycles. The third-order valence-electron chi connectivity index (χ3n) is 4.10. The summed E-state index contributed by atoms with van der Waals surface area (Å²) < 4.78 is 5.18. The summed E-state index contributed by atoms with van der Waals surface area (Å²) in [6.45, 7) is 2.55. The first kappa shape index (κ1) is 16.0. The molecule has 0 spiro atoms. The summed E-state index contributed by atoms with van der Waals surface area (Å²) in [6, 6.07) is 8.11. The van der Waals surface area contributed by atoms with Gasteiger partial charge in [0, 0.05) is 13.2 Å². The Morgan fingerprint density at radius 2 is 2.00 bits per heavy atom. The number of ether oxygens (including phenoxy) is 1. The molecule has 1 saturated heterocycles. The van der Waals surface area contributed by atoms with E-state index in [1.165, 1.54) is 12.8 Å². The molecule has 0 saturated carbocycles. The van der Waals surface area contributed by atoms with Gasteiger partial charge in [0.05, 0.1) is 13.0 Å². The van der Waals surface area contributed by atoms with Gasteiger partial charge in [0.25, 0.3) is 0 Å². The van der Waals surface area contributed by atoms with E-state index >= 15 is 0 Å². The van der Waals surface area contributed by atoms with Crippen molar-refractivity contribution in [3.8, 4) is 0 Å². The SMILES string of the molecule is COCc1cccc(C(CC(=O)O)N2CCCCCC2)c1. The average Bonchev–Trinajstić information content (AvgIpc) is 2.74. The van der Waals surface area contributed by atoms with E-state index in [9.17, 15) is 9.90 Å². The summed E-state index contributed by atoms with van der Waals surface area (Å²) in [5, 5.41) is 9.27. The molecule has 4 nitrogen and oxygen atoms in total. The lowest BCUT2D eigenvalue weighted by Crippen LogP contribution is -2.31. The van der Waals surface area contributed by atoms with Crippen LogP contribution in [0.4, 0.5) is 0 Å². The Kier molecular flexibility index (Phi) is 6.21. The van der Waals surface area contributed by atoms with Crippen LogP contribution in [0.15, 0.2) is 24.3 Å². The number of rotatable bonds is 6. The van der Waals surface area contributed by atoms with Crippen molar-refractivity contribution in [1.29, 1.82) is 0 Å². The highest BCUT2D eigenvalue weighted by Gasteiger charge is 2.24. The van der Waals surface area contributed by atoms with Crippen molar-refractivity contribution in [2.75, 3.05) is 20.2 Å². The molecule has 1 aromatic rings. The number of carboxylic acid groups (broad SMARTS) is 1. The molecule has 1 aliphatic heterocycles. The molecule has 116 valence electrons. The molecule has 0 amide bonds. The highest BCUT2D eigenvalue weighted by Crippen LogP contribution is 2.28. The second-order valence-electron chi connectivity index (χ2n) is 5.74. The third kappa shape index (κ3) is 4.83. The van der Waals surface area contributed by atoms with Crippen LogP contribution in [0.25, 0.3) is 0 Å². The van der Waals surface area contributed by atoms with Crippen LogP contribution in [0, 0.1) is 0 Å². The Morgan fingerprint density at radius 3 is 2.62 bits per heavy atom. The third-order valence-corrected chi connectivity index (χ3v) is 4.10. The first-order chi connectivity index (χ1) is 10.2. The number of hydrogen-bond donors (Lipinski definition) is 1. The maximum absolute atomic E-state index is 11.3. The van der Waals surface area contributed by atoms with Crippen molar-refractivity contribution < 1.29 is 14.6 Å². The summed E-state index contributed by atoms with van der Waals surface area (Å²) in [6.07, 6.45) is 4.98. The number of likely N-dealkylation sites (tertiary alicyclic amines) is 1. The van der Waals surface area contributed by atoms with Crippen LogP contribution in [0.5, 0.6) is 0 Å². The van der Waals surface area contributed by atoms with Crippen LogP contribution in [-0.2, 0) is 16.1 Å². The molecule has 1 aliphatic rings. The van der Waals surface area contributed by atoms with Crippen LogP contribution in [-0.4, -0.2) is 36.2 Å². The summed E-state index contributed by atoms with van der Waals surface area (Å²) >= 11 is 0. The maximum Gasteiger partial charge on any atom is 0.305 e. The summed E-state index contributed by atoms with van der Waals surface area (Å²) in [4.78, 5) is 13.6. The molecule has 1 N–H and O–H groups in total. The van der Waals surface area contributed by atoms with E-state index in [1.54, 1.807) is 7.11 Å². The van der Waals surface area contributed by atoms with Crippen molar-refractivity contribution in [3.05, 3.63) is 35.4 Å². The lowest BCUT2D eigenvalue weighted by molar-refractivity contribution is -0.138. The average molecular weight is 291 g/mol. The number of carboxylic acids is 1. The molecule has 0 radical (unpaired) electrons. The molecule has 21 heavy (non-hydrogen) atoms. The van der Waals surface area contributed by atoms with Gasteiger partial charge >= 0.3 is 5.97 Å². The van der Waals surface area contributed by atoms with Crippen molar-refractivity contribution >= 4 is 5.97 Å². The van der Waals surface area contributed by atoms with E-state index in [2.05, 4.69) is 11.0 Å². The predicted molar refractivity (Wildman–Crippen MR) is 82.2 cm³/mol. The Balaban J connectivity index is 2.21. The Hall–Kier alpha value is -1.39. The quantitative estimate of drug-likeness (QED) is 0.874. The zero-order valence-electron chi connectivity index (χ0n) is 12.8. The molecule has 1 fully saturated rings. The summed E-state index contributed by atoms with van der Waals surface area (Å²) in [5.74, 6) is -0.735.